The molecule has 0 aliphatic rings. The van der Waals surface area contributed by atoms with Gasteiger partial charge in [-0.2, -0.15) is 11.8 Å². The van der Waals surface area contributed by atoms with Crippen LogP contribution in [0.2, 0.25) is 0 Å². The summed E-state index contributed by atoms with van der Waals surface area (Å²) >= 11 is 1.75. The van der Waals surface area contributed by atoms with Gasteiger partial charge in [0.2, 0.25) is 5.91 Å². The molecule has 1 amide bonds. The smallest absolute Gasteiger partial charge is 0.248 e. The van der Waals surface area contributed by atoms with Gasteiger partial charge >= 0.3 is 0 Å². The zero-order valence-corrected chi connectivity index (χ0v) is 10.9. The minimum Gasteiger partial charge on any atom is -0.366 e. The van der Waals surface area contributed by atoms with Gasteiger partial charge in [-0.05, 0) is 18.2 Å². The van der Waals surface area contributed by atoms with Gasteiger partial charge in [-0.25, -0.2) is 4.39 Å². The fourth-order valence-electron chi connectivity index (χ4n) is 1.40. The Kier molecular flexibility index (Phi) is 6.46. The third kappa shape index (κ3) is 4.89. The van der Waals surface area contributed by atoms with Crippen LogP contribution < -0.4 is 11.1 Å². The normalized spacial score (nSPS) is 10.3. The summed E-state index contributed by atoms with van der Waals surface area (Å²) in [5.74, 6) is 0.972. The lowest BCUT2D eigenvalue weighted by atomic mass is 10.1. The molecular weight excluding hydrogens is 251 g/mol. The Morgan fingerprint density at radius 2 is 2.33 bits per heavy atom. The first-order chi connectivity index (χ1) is 8.65. The van der Waals surface area contributed by atoms with E-state index >= 15 is 0 Å². The van der Waals surface area contributed by atoms with Crippen molar-refractivity contribution in [3.63, 3.8) is 0 Å². The van der Waals surface area contributed by atoms with E-state index in [1.165, 1.54) is 18.2 Å². The fourth-order valence-corrected chi connectivity index (χ4v) is 2.02. The maximum Gasteiger partial charge on any atom is 0.248 e. The Morgan fingerprint density at radius 1 is 1.56 bits per heavy atom. The summed E-state index contributed by atoms with van der Waals surface area (Å²) < 4.78 is 13.5. The number of hydrogen-bond acceptors (Lipinski definition) is 3. The Hall–Kier alpha value is -1.33. The number of nitrogens with one attached hydrogen (secondary N) is 1. The Balaban J connectivity index is 2.43. The third-order valence-corrected chi connectivity index (χ3v) is 3.27. The highest BCUT2D eigenvalue weighted by Gasteiger charge is 2.06. The molecule has 0 unspecified atom stereocenters. The summed E-state index contributed by atoms with van der Waals surface area (Å²) in [7, 11) is 0. The van der Waals surface area contributed by atoms with E-state index in [0.717, 1.165) is 18.1 Å². The number of nitrogens with two attached hydrogens (primary N) is 1. The molecule has 5 heteroatoms. The predicted molar refractivity (Wildman–Crippen MR) is 74.1 cm³/mol. The molecule has 0 saturated carbocycles. The van der Waals surface area contributed by atoms with Crippen LogP contribution in [-0.2, 0) is 6.54 Å². The van der Waals surface area contributed by atoms with E-state index in [2.05, 4.69) is 11.9 Å². The van der Waals surface area contributed by atoms with E-state index in [1.54, 1.807) is 11.8 Å². The molecule has 0 radical (unpaired) electrons. The summed E-state index contributed by atoms with van der Waals surface area (Å²) in [4.78, 5) is 11.0. The van der Waals surface area contributed by atoms with Crippen LogP contribution in [0.25, 0.3) is 0 Å². The largest absolute Gasteiger partial charge is 0.366 e. The number of amides is 1. The lowest BCUT2D eigenvalue weighted by Gasteiger charge is -2.07. The molecule has 18 heavy (non-hydrogen) atoms. The van der Waals surface area contributed by atoms with E-state index < -0.39 is 5.91 Å². The van der Waals surface area contributed by atoms with Crippen LogP contribution in [0.4, 0.5) is 4.39 Å². The van der Waals surface area contributed by atoms with Crippen molar-refractivity contribution in [1.82, 2.24) is 5.32 Å². The van der Waals surface area contributed by atoms with Gasteiger partial charge in [-0.3, -0.25) is 4.79 Å². The van der Waals surface area contributed by atoms with Crippen molar-refractivity contribution in [2.45, 2.75) is 6.54 Å². The quantitative estimate of drug-likeness (QED) is 0.559. The SMILES string of the molecule is C=CCSCCNCc1cc(C(N)=O)ccc1F. The topological polar surface area (TPSA) is 55.1 Å². The van der Waals surface area contributed by atoms with Gasteiger partial charge in [0.05, 0.1) is 0 Å². The molecule has 1 aromatic carbocycles. The number of rotatable bonds is 8. The van der Waals surface area contributed by atoms with Crippen LogP contribution in [-0.4, -0.2) is 24.0 Å². The van der Waals surface area contributed by atoms with Crippen molar-refractivity contribution in [3.05, 3.63) is 47.8 Å². The summed E-state index contributed by atoms with van der Waals surface area (Å²) in [6.45, 7) is 4.80. The minimum atomic E-state index is -0.544. The molecule has 1 rings (SSSR count). The molecular formula is C13H17FN2OS. The molecule has 98 valence electrons. The summed E-state index contributed by atoms with van der Waals surface area (Å²) in [6, 6.07) is 4.15. The highest BCUT2D eigenvalue weighted by molar-refractivity contribution is 7.99. The minimum absolute atomic E-state index is 0.328. The fraction of sp³-hybridized carbons (Fsp3) is 0.308. The van der Waals surface area contributed by atoms with Crippen molar-refractivity contribution < 1.29 is 9.18 Å². The zero-order chi connectivity index (χ0) is 13.4. The Morgan fingerprint density at radius 3 is 3.00 bits per heavy atom. The molecule has 0 heterocycles. The molecule has 0 aliphatic heterocycles. The van der Waals surface area contributed by atoms with Crippen LogP contribution in [0, 0.1) is 5.82 Å². The molecule has 0 atom stereocenters. The van der Waals surface area contributed by atoms with Gasteiger partial charge in [0.1, 0.15) is 5.82 Å². The first-order valence-electron chi connectivity index (χ1n) is 5.62. The molecule has 0 spiro atoms. The van der Waals surface area contributed by atoms with Gasteiger partial charge in [0, 0.05) is 35.7 Å². The number of carbonyl (C=O) groups excluding carboxylic acids is 1. The number of halogens is 1. The highest BCUT2D eigenvalue weighted by atomic mass is 32.2. The summed E-state index contributed by atoms with van der Waals surface area (Å²) in [5, 5.41) is 3.12. The van der Waals surface area contributed by atoms with Crippen LogP contribution in [0.1, 0.15) is 15.9 Å². The highest BCUT2D eigenvalue weighted by Crippen LogP contribution is 2.10. The lowest BCUT2D eigenvalue weighted by molar-refractivity contribution is 0.1000. The van der Waals surface area contributed by atoms with Gasteiger partial charge in [-0.15, -0.1) is 6.58 Å². The average Bonchev–Trinajstić information content (AvgIpc) is 2.35. The first-order valence-corrected chi connectivity index (χ1v) is 6.78. The maximum absolute atomic E-state index is 13.5. The van der Waals surface area contributed by atoms with Crippen molar-refractivity contribution in [2.24, 2.45) is 5.73 Å². The zero-order valence-electron chi connectivity index (χ0n) is 10.1. The monoisotopic (exact) mass is 268 g/mol. The van der Waals surface area contributed by atoms with Crippen LogP contribution >= 0.6 is 11.8 Å². The molecule has 0 bridgehead atoms. The second-order valence-electron chi connectivity index (χ2n) is 3.71. The van der Waals surface area contributed by atoms with Gasteiger partial charge in [0.25, 0.3) is 0 Å². The molecule has 0 aliphatic carbocycles. The number of carbonyl (C=O) groups is 1. The summed E-state index contributed by atoms with van der Waals surface area (Å²) in [5.41, 5.74) is 5.93. The average molecular weight is 268 g/mol. The molecule has 0 saturated heterocycles. The molecule has 0 aromatic heterocycles. The van der Waals surface area contributed by atoms with Crippen molar-refractivity contribution >= 4 is 17.7 Å². The van der Waals surface area contributed by atoms with Crippen molar-refractivity contribution in [1.29, 1.82) is 0 Å². The molecule has 0 fully saturated rings. The third-order valence-electron chi connectivity index (χ3n) is 2.30. The van der Waals surface area contributed by atoms with E-state index in [1.807, 2.05) is 6.08 Å². The number of thioether (sulfide) groups is 1. The number of benzene rings is 1. The second kappa shape index (κ2) is 7.89. The van der Waals surface area contributed by atoms with Gasteiger partial charge in [-0.1, -0.05) is 6.08 Å². The van der Waals surface area contributed by atoms with E-state index in [4.69, 9.17) is 5.73 Å². The Labute approximate surface area is 111 Å². The van der Waals surface area contributed by atoms with Crippen molar-refractivity contribution in [2.75, 3.05) is 18.1 Å². The molecule has 3 N–H and O–H groups in total. The van der Waals surface area contributed by atoms with Crippen LogP contribution in [0.3, 0.4) is 0 Å². The number of primary amides is 1. The maximum atomic E-state index is 13.5. The van der Waals surface area contributed by atoms with E-state index in [-0.39, 0.29) is 5.82 Å². The van der Waals surface area contributed by atoms with Gasteiger partial charge in [0.15, 0.2) is 0 Å². The standard InChI is InChI=1S/C13H17FN2OS/c1-2-6-18-7-5-16-9-11-8-10(13(15)17)3-4-12(11)14/h2-4,8,16H,1,5-7,9H2,(H2,15,17). The molecule has 3 nitrogen and oxygen atoms in total. The van der Waals surface area contributed by atoms with Crippen LogP contribution in [0.15, 0.2) is 30.9 Å². The van der Waals surface area contributed by atoms with E-state index in [0.29, 0.717) is 17.7 Å². The number of hydrogen-bond donors (Lipinski definition) is 2. The predicted octanol–water partition coefficient (Wildman–Crippen LogP) is 1.93. The Bertz CT molecular complexity index is 423. The second-order valence-corrected chi connectivity index (χ2v) is 4.86. The first kappa shape index (κ1) is 14.7. The van der Waals surface area contributed by atoms with Gasteiger partial charge < -0.3 is 11.1 Å². The molecule has 1 aromatic rings. The van der Waals surface area contributed by atoms with E-state index in [9.17, 15) is 9.18 Å². The lowest BCUT2D eigenvalue weighted by Crippen LogP contribution is -2.18. The summed E-state index contributed by atoms with van der Waals surface area (Å²) in [6.07, 6.45) is 1.85. The van der Waals surface area contributed by atoms with Crippen LogP contribution in [0.5, 0.6) is 0 Å². The van der Waals surface area contributed by atoms with Crippen molar-refractivity contribution in [3.8, 4) is 0 Å².